The maximum atomic E-state index is 13.2. The summed E-state index contributed by atoms with van der Waals surface area (Å²) >= 11 is 2.22. The highest BCUT2D eigenvalue weighted by atomic mass is 127. The Balaban J connectivity index is 1.72. The minimum atomic E-state index is -0.668. The molecule has 180 valence electrons. The summed E-state index contributed by atoms with van der Waals surface area (Å²) in [7, 11) is 0. The van der Waals surface area contributed by atoms with E-state index >= 15 is 0 Å². The predicted octanol–water partition coefficient (Wildman–Crippen LogP) is 4.22. The Hall–Kier alpha value is -2.59. The van der Waals surface area contributed by atoms with E-state index in [-0.39, 0.29) is 11.3 Å². The van der Waals surface area contributed by atoms with Gasteiger partial charge >= 0.3 is 0 Å². The van der Waals surface area contributed by atoms with Crippen molar-refractivity contribution in [2.45, 2.75) is 26.3 Å². The number of carbonyl (C=O) groups is 2. The zero-order valence-electron chi connectivity index (χ0n) is 19.4. The fourth-order valence-electron chi connectivity index (χ4n) is 4.45. The second-order valence-corrected chi connectivity index (χ2v) is 9.53. The molecule has 0 radical (unpaired) electrons. The molecule has 2 aromatic carbocycles. The summed E-state index contributed by atoms with van der Waals surface area (Å²) in [6, 6.07) is 12.1. The van der Waals surface area contributed by atoms with Crippen LogP contribution in [0.1, 0.15) is 37.4 Å². The highest BCUT2D eigenvalue weighted by molar-refractivity contribution is 14.1. The van der Waals surface area contributed by atoms with Crippen molar-refractivity contribution < 1.29 is 24.2 Å². The fourth-order valence-corrected chi connectivity index (χ4v) is 4.81. The molecule has 8 heteroatoms. The van der Waals surface area contributed by atoms with Gasteiger partial charge in [-0.15, -0.1) is 0 Å². The van der Waals surface area contributed by atoms with Crippen LogP contribution in [0.2, 0.25) is 0 Å². The van der Waals surface area contributed by atoms with Crippen LogP contribution in [-0.2, 0) is 9.59 Å². The Kier molecular flexibility index (Phi) is 7.77. The second kappa shape index (κ2) is 10.8. The normalized spacial score (nSPS) is 19.2. The topological polar surface area (TPSA) is 79.3 Å². The molecule has 0 aliphatic carbocycles. The van der Waals surface area contributed by atoms with Crippen molar-refractivity contribution in [3.8, 4) is 11.5 Å². The van der Waals surface area contributed by atoms with Crippen LogP contribution in [-0.4, -0.2) is 66.0 Å². The van der Waals surface area contributed by atoms with Crippen LogP contribution in [0.4, 0.5) is 0 Å². The molecule has 1 atom stereocenters. The number of benzene rings is 2. The van der Waals surface area contributed by atoms with Crippen molar-refractivity contribution in [1.82, 2.24) is 9.80 Å². The molecule has 1 amide bonds. The maximum absolute atomic E-state index is 13.2. The van der Waals surface area contributed by atoms with Gasteiger partial charge in [-0.05, 0) is 84.5 Å². The maximum Gasteiger partial charge on any atom is 0.295 e. The summed E-state index contributed by atoms with van der Waals surface area (Å²) in [4.78, 5) is 30.2. The number of halogens is 1. The SMILES string of the molecule is CCN(CC)CCCN1C(=O)C(=O)C(=C(O)c2ccc3c(c2)OCCO3)C1c1ccc(I)cc1. The quantitative estimate of drug-likeness (QED) is 0.220. The van der Waals surface area contributed by atoms with Gasteiger partial charge in [0, 0.05) is 15.7 Å². The Morgan fingerprint density at radius 2 is 1.74 bits per heavy atom. The Morgan fingerprint density at radius 1 is 1.06 bits per heavy atom. The van der Waals surface area contributed by atoms with Crippen LogP contribution in [0, 0.1) is 3.57 Å². The number of amides is 1. The van der Waals surface area contributed by atoms with Crippen LogP contribution in [0.15, 0.2) is 48.0 Å². The number of likely N-dealkylation sites (tertiary alicyclic amines) is 1. The number of hydrogen-bond donors (Lipinski definition) is 1. The van der Waals surface area contributed by atoms with E-state index in [0.29, 0.717) is 36.8 Å². The van der Waals surface area contributed by atoms with Gasteiger partial charge in [0.1, 0.15) is 19.0 Å². The van der Waals surface area contributed by atoms with Gasteiger partial charge in [0.2, 0.25) is 0 Å². The molecular weight excluding hydrogens is 547 g/mol. The molecule has 1 unspecified atom stereocenters. The molecule has 2 aliphatic heterocycles. The average molecular weight is 576 g/mol. The standard InChI is InChI=1S/C26H29IN2O5/c1-3-28(4-2)12-5-13-29-23(17-6-9-19(27)10-7-17)22(25(31)26(29)32)24(30)18-8-11-20-21(16-18)34-15-14-33-20/h6-11,16,23,30H,3-5,12-15H2,1-2H3. The molecule has 1 saturated heterocycles. The van der Waals surface area contributed by atoms with E-state index in [0.717, 1.165) is 35.2 Å². The number of nitrogens with zero attached hydrogens (tertiary/aromatic N) is 2. The van der Waals surface area contributed by atoms with Gasteiger partial charge in [-0.1, -0.05) is 26.0 Å². The number of ketones is 1. The summed E-state index contributed by atoms with van der Waals surface area (Å²) in [6.07, 6.45) is 0.736. The molecule has 2 heterocycles. The number of hydrogen-bond acceptors (Lipinski definition) is 6. The third-order valence-corrected chi connectivity index (χ3v) is 7.03. The van der Waals surface area contributed by atoms with E-state index in [2.05, 4.69) is 41.3 Å². The van der Waals surface area contributed by atoms with Gasteiger partial charge in [-0.25, -0.2) is 0 Å². The van der Waals surface area contributed by atoms with E-state index in [1.165, 1.54) is 0 Å². The molecule has 0 aromatic heterocycles. The first-order chi connectivity index (χ1) is 16.4. The molecule has 7 nitrogen and oxygen atoms in total. The largest absolute Gasteiger partial charge is 0.507 e. The van der Waals surface area contributed by atoms with Crippen LogP contribution >= 0.6 is 22.6 Å². The lowest BCUT2D eigenvalue weighted by Gasteiger charge is -2.27. The van der Waals surface area contributed by atoms with Gasteiger partial charge in [-0.2, -0.15) is 0 Å². The van der Waals surface area contributed by atoms with E-state index in [1.807, 2.05) is 24.3 Å². The van der Waals surface area contributed by atoms with Gasteiger partial charge in [-0.3, -0.25) is 9.59 Å². The number of ether oxygens (including phenoxy) is 2. The predicted molar refractivity (Wildman–Crippen MR) is 138 cm³/mol. The first-order valence-electron chi connectivity index (χ1n) is 11.6. The number of aliphatic hydroxyl groups excluding tert-OH is 1. The van der Waals surface area contributed by atoms with Crippen LogP contribution < -0.4 is 9.47 Å². The van der Waals surface area contributed by atoms with E-state index in [4.69, 9.17) is 9.47 Å². The third-order valence-electron chi connectivity index (χ3n) is 6.31. The first-order valence-corrected chi connectivity index (χ1v) is 12.7. The molecular formula is C26H29IN2O5. The molecule has 4 rings (SSSR count). The molecule has 1 fully saturated rings. The number of aliphatic hydroxyl groups is 1. The highest BCUT2D eigenvalue weighted by Gasteiger charge is 2.45. The summed E-state index contributed by atoms with van der Waals surface area (Å²) < 4.78 is 12.3. The lowest BCUT2D eigenvalue weighted by molar-refractivity contribution is -0.140. The number of fused-ring (bicyclic) bond motifs is 1. The Bertz CT molecular complexity index is 1090. The van der Waals surface area contributed by atoms with E-state index in [9.17, 15) is 14.7 Å². The Labute approximate surface area is 213 Å². The first kappa shape index (κ1) is 24.5. The fraction of sp³-hybridized carbons (Fsp3) is 0.385. The van der Waals surface area contributed by atoms with Crippen molar-refractivity contribution in [3.05, 3.63) is 62.7 Å². The lowest BCUT2D eigenvalue weighted by atomic mass is 9.95. The van der Waals surface area contributed by atoms with Crippen LogP contribution in [0.25, 0.3) is 5.76 Å². The average Bonchev–Trinajstić information content (AvgIpc) is 3.11. The van der Waals surface area contributed by atoms with E-state index < -0.39 is 17.7 Å². The van der Waals surface area contributed by atoms with Crippen molar-refractivity contribution in [2.24, 2.45) is 0 Å². The zero-order chi connectivity index (χ0) is 24.2. The minimum absolute atomic E-state index is 0.103. The van der Waals surface area contributed by atoms with Gasteiger partial charge < -0.3 is 24.4 Å². The van der Waals surface area contributed by atoms with Crippen LogP contribution in [0.5, 0.6) is 11.5 Å². The second-order valence-electron chi connectivity index (χ2n) is 8.28. The monoisotopic (exact) mass is 576 g/mol. The molecule has 0 spiro atoms. The molecule has 2 aromatic rings. The lowest BCUT2D eigenvalue weighted by Crippen LogP contribution is -2.33. The number of carbonyl (C=O) groups excluding carboxylic acids is 2. The smallest absolute Gasteiger partial charge is 0.295 e. The highest BCUT2D eigenvalue weighted by Crippen LogP contribution is 2.41. The van der Waals surface area contributed by atoms with Crippen LogP contribution in [0.3, 0.4) is 0 Å². The molecule has 1 N–H and O–H groups in total. The molecule has 34 heavy (non-hydrogen) atoms. The van der Waals surface area contributed by atoms with E-state index in [1.54, 1.807) is 23.1 Å². The Morgan fingerprint density at radius 3 is 2.41 bits per heavy atom. The van der Waals surface area contributed by atoms with Gasteiger partial charge in [0.25, 0.3) is 11.7 Å². The molecule has 2 aliphatic rings. The van der Waals surface area contributed by atoms with Crippen molar-refractivity contribution >= 4 is 40.0 Å². The minimum Gasteiger partial charge on any atom is -0.507 e. The summed E-state index contributed by atoms with van der Waals surface area (Å²) in [5.41, 5.74) is 1.31. The number of Topliss-reactive ketones (excluding diaryl/α,β-unsaturated/α-hetero) is 1. The van der Waals surface area contributed by atoms with Crippen molar-refractivity contribution in [2.75, 3.05) is 39.4 Å². The molecule has 0 saturated carbocycles. The van der Waals surface area contributed by atoms with Crippen molar-refractivity contribution in [1.29, 1.82) is 0 Å². The third kappa shape index (κ3) is 4.93. The molecule has 0 bridgehead atoms. The van der Waals surface area contributed by atoms with Gasteiger partial charge in [0.15, 0.2) is 11.5 Å². The van der Waals surface area contributed by atoms with Gasteiger partial charge in [0.05, 0.1) is 11.6 Å². The van der Waals surface area contributed by atoms with Crippen molar-refractivity contribution in [3.63, 3.8) is 0 Å². The summed E-state index contributed by atoms with van der Waals surface area (Å²) in [5, 5.41) is 11.3. The number of rotatable bonds is 8. The zero-order valence-corrected chi connectivity index (χ0v) is 21.6. The summed E-state index contributed by atoms with van der Waals surface area (Å²) in [5.74, 6) is -0.352. The summed E-state index contributed by atoms with van der Waals surface area (Å²) in [6.45, 7) is 8.21.